The van der Waals surface area contributed by atoms with E-state index in [0.717, 1.165) is 46.8 Å². The van der Waals surface area contributed by atoms with Gasteiger partial charge in [-0.3, -0.25) is 9.59 Å². The van der Waals surface area contributed by atoms with E-state index in [1.165, 1.54) is 25.7 Å². The molecule has 0 saturated heterocycles. The molecule has 2 N–H and O–H groups in total. The van der Waals surface area contributed by atoms with E-state index in [4.69, 9.17) is 18.9 Å². The van der Waals surface area contributed by atoms with E-state index in [2.05, 4.69) is 34.8 Å². The van der Waals surface area contributed by atoms with Crippen molar-refractivity contribution in [3.63, 3.8) is 0 Å². The second kappa shape index (κ2) is 23.5. The highest BCUT2D eigenvalue weighted by atomic mass is 16.6. The number of fused-ring (bicyclic) bond motifs is 5. The van der Waals surface area contributed by atoms with Gasteiger partial charge in [0.1, 0.15) is 5.69 Å². The number of hydrogen-bond acceptors (Lipinski definition) is 9. The van der Waals surface area contributed by atoms with Gasteiger partial charge >= 0.3 is 6.09 Å². The van der Waals surface area contributed by atoms with Crippen molar-refractivity contribution >= 4 is 23.6 Å². The van der Waals surface area contributed by atoms with Gasteiger partial charge in [-0.2, -0.15) is 0 Å². The van der Waals surface area contributed by atoms with Gasteiger partial charge in [-0.1, -0.05) is 93.6 Å². The molecule has 0 spiro atoms. The molecule has 0 radical (unpaired) electrons. The molecule has 13 heteroatoms. The van der Waals surface area contributed by atoms with Gasteiger partial charge in [-0.25, -0.2) is 9.48 Å². The first-order valence-electron chi connectivity index (χ1n) is 19.6. The zero-order valence-corrected chi connectivity index (χ0v) is 32.6. The van der Waals surface area contributed by atoms with E-state index < -0.39 is 6.09 Å². The number of alkyl carbamates (subject to hydrolysis) is 1. The van der Waals surface area contributed by atoms with Crippen LogP contribution >= 0.6 is 0 Å². The number of hydrogen-bond donors (Lipinski definition) is 2. The fraction of sp³-hybridized carbons (Fsp3) is 0.585. The zero-order chi connectivity index (χ0) is 38.5. The molecular weight excluding hydrogens is 688 g/mol. The second-order valence-electron chi connectivity index (χ2n) is 14.2. The topological polar surface area (TPSA) is 146 Å². The minimum Gasteiger partial charge on any atom is -0.447 e. The third kappa shape index (κ3) is 14.1. The number of ether oxygens (including phenoxy) is 4. The van der Waals surface area contributed by atoms with E-state index in [-0.39, 0.29) is 30.8 Å². The maximum atomic E-state index is 13.8. The molecule has 0 saturated carbocycles. The number of nitrogens with zero attached hydrogens (tertiary/aromatic N) is 4. The number of carbonyl (C=O) groups is 3. The van der Waals surface area contributed by atoms with E-state index in [9.17, 15) is 14.4 Å². The van der Waals surface area contributed by atoms with Crippen LogP contribution in [0.25, 0.3) is 22.5 Å². The van der Waals surface area contributed by atoms with Gasteiger partial charge in [0.15, 0.2) is 0 Å². The molecule has 296 valence electrons. The summed E-state index contributed by atoms with van der Waals surface area (Å²) >= 11 is 0. The standard InChI is InChI=1S/C41H60N6O7/c1-31(2)14-8-6-5-7-13-21-42-37(48)19-20-38(49)46-30-33-15-9-10-16-34(33)40-39(35-17-11-12-18-36(35)46)44-45-47(40)23-25-52-27-29-53-28-26-51-24-22-43-41(50)54-32(3)4/h9-12,15-18,31-32H,5-8,13-14,19-30H2,1-4H3,(H,42,48)(H,43,50). The van der Waals surface area contributed by atoms with Crippen LogP contribution in [0.15, 0.2) is 48.5 Å². The molecule has 1 aliphatic rings. The highest BCUT2D eigenvalue weighted by molar-refractivity contribution is 6.01. The number of nitrogens with one attached hydrogen (secondary N) is 2. The summed E-state index contributed by atoms with van der Waals surface area (Å²) in [5.74, 6) is 0.542. The molecule has 4 rings (SSSR count). The molecule has 0 unspecified atom stereocenters. The van der Waals surface area contributed by atoms with Crippen molar-refractivity contribution in [2.45, 2.75) is 98.3 Å². The summed E-state index contributed by atoms with van der Waals surface area (Å²) in [6, 6.07) is 15.7. The summed E-state index contributed by atoms with van der Waals surface area (Å²) in [7, 11) is 0. The first-order chi connectivity index (χ1) is 26.2. The number of unbranched alkanes of at least 4 members (excludes halogenated alkanes) is 4. The molecule has 1 aliphatic heterocycles. The Kier molecular flexibility index (Phi) is 18.4. The van der Waals surface area contributed by atoms with Gasteiger partial charge in [0.2, 0.25) is 11.8 Å². The minimum atomic E-state index is -0.454. The molecule has 2 heterocycles. The number of aromatic nitrogens is 3. The molecular formula is C41H60N6O7. The molecule has 0 atom stereocenters. The van der Waals surface area contributed by atoms with E-state index in [0.29, 0.717) is 71.5 Å². The Morgan fingerprint density at radius 3 is 2.17 bits per heavy atom. The zero-order valence-electron chi connectivity index (χ0n) is 32.6. The van der Waals surface area contributed by atoms with Gasteiger partial charge < -0.3 is 34.5 Å². The van der Waals surface area contributed by atoms with E-state index in [1.54, 1.807) is 18.7 Å². The summed E-state index contributed by atoms with van der Waals surface area (Å²) < 4.78 is 23.8. The van der Waals surface area contributed by atoms with E-state index in [1.807, 2.05) is 53.2 Å². The molecule has 54 heavy (non-hydrogen) atoms. The Morgan fingerprint density at radius 1 is 0.741 bits per heavy atom. The van der Waals surface area contributed by atoms with Crippen LogP contribution in [0.3, 0.4) is 0 Å². The van der Waals surface area contributed by atoms with Crippen LogP contribution in [0.1, 0.15) is 84.6 Å². The SMILES string of the molecule is CC(C)CCCCCCCNC(=O)CCC(=O)N1Cc2ccccc2-c2c(nnn2CCOCCOCCOCCNC(=O)OC(C)C)-c2ccccc21. The molecule has 1 aromatic heterocycles. The smallest absolute Gasteiger partial charge is 0.407 e. The highest BCUT2D eigenvalue weighted by Gasteiger charge is 2.29. The fourth-order valence-corrected chi connectivity index (χ4v) is 6.25. The van der Waals surface area contributed by atoms with Crippen LogP contribution in [-0.2, 0) is 41.6 Å². The fourth-order valence-electron chi connectivity index (χ4n) is 6.25. The molecule has 3 amide bonds. The molecule has 3 aromatic rings. The largest absolute Gasteiger partial charge is 0.447 e. The summed E-state index contributed by atoms with van der Waals surface area (Å²) in [4.78, 5) is 39.7. The van der Waals surface area contributed by atoms with Gasteiger partial charge in [0.05, 0.1) is 70.2 Å². The average molecular weight is 749 g/mol. The lowest BCUT2D eigenvalue weighted by atomic mass is 9.95. The van der Waals surface area contributed by atoms with Gasteiger partial charge in [-0.15, -0.1) is 5.10 Å². The van der Waals surface area contributed by atoms with E-state index >= 15 is 0 Å². The molecule has 0 fully saturated rings. The Hall–Kier alpha value is -4.33. The third-order valence-electron chi connectivity index (χ3n) is 8.98. The third-order valence-corrected chi connectivity index (χ3v) is 8.98. The number of amides is 3. The number of carbonyl (C=O) groups excluding carboxylic acids is 3. The maximum absolute atomic E-state index is 13.8. The molecule has 0 bridgehead atoms. The molecule has 2 aromatic carbocycles. The van der Waals surface area contributed by atoms with Gasteiger partial charge in [0.25, 0.3) is 0 Å². The van der Waals surface area contributed by atoms with Crippen LogP contribution in [-0.4, -0.2) is 91.7 Å². The first kappa shape index (κ1) is 42.4. The van der Waals surface area contributed by atoms with Crippen LogP contribution in [0.5, 0.6) is 0 Å². The van der Waals surface area contributed by atoms with Crippen molar-refractivity contribution in [2.24, 2.45) is 5.92 Å². The van der Waals surface area contributed by atoms with Crippen molar-refractivity contribution in [1.29, 1.82) is 0 Å². The number of benzene rings is 2. The average Bonchev–Trinajstić information content (AvgIpc) is 3.56. The van der Waals surface area contributed by atoms with Crippen molar-refractivity contribution < 1.29 is 33.3 Å². The lowest BCUT2D eigenvalue weighted by molar-refractivity contribution is -0.125. The van der Waals surface area contributed by atoms with Crippen molar-refractivity contribution in [2.75, 3.05) is 57.6 Å². The monoisotopic (exact) mass is 748 g/mol. The number of rotatable bonds is 24. The van der Waals surface area contributed by atoms with Gasteiger partial charge in [0, 0.05) is 37.1 Å². The van der Waals surface area contributed by atoms with Crippen LogP contribution in [0.4, 0.5) is 10.5 Å². The maximum Gasteiger partial charge on any atom is 0.407 e. The predicted molar refractivity (Wildman–Crippen MR) is 209 cm³/mol. The van der Waals surface area contributed by atoms with Crippen LogP contribution < -0.4 is 15.5 Å². The molecule has 0 aliphatic carbocycles. The van der Waals surface area contributed by atoms with Crippen molar-refractivity contribution in [3.05, 3.63) is 54.1 Å². The Balaban J connectivity index is 1.26. The normalized spacial score (nSPS) is 12.1. The lowest BCUT2D eigenvalue weighted by Crippen LogP contribution is -2.33. The second-order valence-corrected chi connectivity index (χ2v) is 14.2. The van der Waals surface area contributed by atoms with Gasteiger partial charge in [-0.05, 0) is 37.8 Å². The minimum absolute atomic E-state index is 0.0937. The van der Waals surface area contributed by atoms with Crippen LogP contribution in [0, 0.1) is 5.92 Å². The Bertz CT molecular complexity index is 1590. The summed E-state index contributed by atoms with van der Waals surface area (Å²) in [5.41, 5.74) is 5.02. The highest BCUT2D eigenvalue weighted by Crippen LogP contribution is 2.41. The Morgan fingerprint density at radius 2 is 1.41 bits per heavy atom. The summed E-state index contributed by atoms with van der Waals surface area (Å²) in [6.45, 7) is 12.4. The quantitative estimate of drug-likeness (QED) is 0.0976. The number of para-hydroxylation sites is 1. The van der Waals surface area contributed by atoms with Crippen molar-refractivity contribution in [1.82, 2.24) is 25.6 Å². The first-order valence-corrected chi connectivity index (χ1v) is 19.6. The molecule has 13 nitrogen and oxygen atoms in total. The summed E-state index contributed by atoms with van der Waals surface area (Å²) in [5, 5.41) is 14.8. The predicted octanol–water partition coefficient (Wildman–Crippen LogP) is 6.54. The Labute approximate surface area is 320 Å². The summed E-state index contributed by atoms with van der Waals surface area (Å²) in [6.07, 6.45) is 6.66. The van der Waals surface area contributed by atoms with Crippen molar-refractivity contribution in [3.8, 4) is 22.5 Å². The van der Waals surface area contributed by atoms with Crippen LogP contribution in [0.2, 0.25) is 0 Å². The number of anilines is 1. The lowest BCUT2D eigenvalue weighted by Gasteiger charge is -2.28.